The number of aromatic nitrogens is 2. The monoisotopic (exact) mass is 1020 g/mol. The molecule has 64 heavy (non-hydrogen) atoms. The van der Waals surface area contributed by atoms with E-state index < -0.39 is 37.3 Å². The van der Waals surface area contributed by atoms with Crippen molar-refractivity contribution in [3.63, 3.8) is 0 Å². The number of hydrogen-bond acceptors (Lipinski definition) is 3. The first kappa shape index (κ1) is 33.3. The molecule has 0 unspecified atom stereocenters. The van der Waals surface area contributed by atoms with E-state index in [-0.39, 0.29) is 31.2 Å². The van der Waals surface area contributed by atoms with E-state index >= 15 is 0 Å². The van der Waals surface area contributed by atoms with Crippen molar-refractivity contribution in [3.8, 4) is 44.8 Å². The number of pyridine rings is 2. The maximum Gasteiger partial charge on any atom is 0.129 e. The summed E-state index contributed by atoms with van der Waals surface area (Å²) in [6, 6.07) is 51.7. The first-order valence-electron chi connectivity index (χ1n) is 26.1. The first-order valence-corrected chi connectivity index (χ1v) is 21.1. The predicted molar refractivity (Wildman–Crippen MR) is 266 cm³/mol. The summed E-state index contributed by atoms with van der Waals surface area (Å²) in [4.78, 5) is 9.10. The van der Waals surface area contributed by atoms with Crippen LogP contribution in [0.3, 0.4) is 0 Å². The van der Waals surface area contributed by atoms with Crippen molar-refractivity contribution in [1.82, 2.24) is 9.97 Å². The van der Waals surface area contributed by atoms with E-state index in [1.165, 1.54) is 12.1 Å². The summed E-state index contributed by atoms with van der Waals surface area (Å²) in [7, 11) is 0. The van der Waals surface area contributed by atoms with Crippen LogP contribution in [0.4, 0.5) is 0 Å². The van der Waals surface area contributed by atoms with Crippen molar-refractivity contribution in [2.45, 2.75) is 68.0 Å². The van der Waals surface area contributed by atoms with Gasteiger partial charge in [0.25, 0.3) is 0 Å². The minimum absolute atomic E-state index is 0. The number of benzene rings is 7. The summed E-state index contributed by atoms with van der Waals surface area (Å²) >= 11 is 0. The largest absolute Gasteiger partial charge is 0.500 e. The summed E-state index contributed by atoms with van der Waals surface area (Å²) in [5, 5.41) is 6.37. The van der Waals surface area contributed by atoms with Crippen LogP contribution in [-0.2, 0) is 32.9 Å². The molecule has 3 heterocycles. The van der Waals surface area contributed by atoms with Gasteiger partial charge < -0.3 is 14.4 Å². The average Bonchev–Trinajstić information content (AvgIpc) is 3.74. The SMILES string of the molecule is [2H]C([2H])([2H])c1c[c-]c(-c2ccc(C([2H])([2H])C(C)(C)C)cn2)cc1-c1ccccc1.[2H]C([2H])([2H])c1cc(C([2H])([2H])C(C)(C)C)ccc1-c1ccnc(-c2[c-]ccc3c2oc2c3ccc3ccc4ccccc4c32)c1.[Ir]. The minimum atomic E-state index is -2.45. The van der Waals surface area contributed by atoms with Crippen LogP contribution in [0.15, 0.2) is 162 Å². The minimum Gasteiger partial charge on any atom is -0.500 e. The van der Waals surface area contributed by atoms with Crippen LogP contribution in [0.5, 0.6) is 0 Å². The molecule has 7 aromatic carbocycles. The summed E-state index contributed by atoms with van der Waals surface area (Å²) in [5.74, 6) is 0. The molecule has 0 aliphatic rings. The molecule has 0 spiro atoms. The van der Waals surface area contributed by atoms with Gasteiger partial charge in [0.2, 0.25) is 0 Å². The molecule has 10 aromatic rings. The maximum atomic E-state index is 8.72. The number of aryl methyl sites for hydroxylation is 2. The van der Waals surface area contributed by atoms with E-state index in [9.17, 15) is 0 Å². The van der Waals surface area contributed by atoms with Gasteiger partial charge >= 0.3 is 0 Å². The molecule has 321 valence electrons. The third-order valence-corrected chi connectivity index (χ3v) is 10.8. The Morgan fingerprint density at radius 3 is 2.06 bits per heavy atom. The molecular formula is C60H54IrN2O-2. The van der Waals surface area contributed by atoms with Gasteiger partial charge in [0, 0.05) is 57.0 Å². The van der Waals surface area contributed by atoms with Gasteiger partial charge in [-0.3, -0.25) is 0 Å². The summed E-state index contributed by atoms with van der Waals surface area (Å²) in [6.45, 7) is 6.30. The molecule has 3 nitrogen and oxygen atoms in total. The molecule has 4 heteroatoms. The van der Waals surface area contributed by atoms with Crippen LogP contribution < -0.4 is 0 Å². The standard InChI is InChI=1S/C37H30NO.C23H24N.Ir/c1-23-20-24(22-37(2,3)4)12-16-28(23)27-18-19-38-33(21-27)32-11-7-10-30-31-17-15-26-14-13-25-8-5-6-9-29(25)34(26)36(31)39-35(30)32;1-17-10-12-20(14-21(17)19-8-6-5-7-9-19)22-13-11-18(16-24-22)15-23(2,3)4;/h5-10,12-21H,22H2,1-4H3;5-11,13-14,16H,15H2,1-4H3;/q2*-1;/i1D3,22D2;1D3,15D2;. The van der Waals surface area contributed by atoms with Crippen LogP contribution in [-0.4, -0.2) is 9.97 Å². The first-order chi connectivity index (χ1) is 34.3. The van der Waals surface area contributed by atoms with E-state index in [0.29, 0.717) is 55.9 Å². The van der Waals surface area contributed by atoms with Crippen LogP contribution in [0.2, 0.25) is 0 Å². The average molecular weight is 1020 g/mol. The molecule has 0 atom stereocenters. The van der Waals surface area contributed by atoms with Gasteiger partial charge in [-0.1, -0.05) is 180 Å². The molecule has 10 rings (SSSR count). The Bertz CT molecular complexity index is 3680. The smallest absolute Gasteiger partial charge is 0.129 e. The Hall–Kier alpha value is -6.19. The van der Waals surface area contributed by atoms with E-state index in [1.54, 1.807) is 48.8 Å². The Morgan fingerprint density at radius 1 is 0.578 bits per heavy atom. The van der Waals surface area contributed by atoms with Crippen molar-refractivity contribution in [3.05, 3.63) is 192 Å². The second-order valence-electron chi connectivity index (χ2n) is 17.9. The zero-order chi connectivity index (χ0) is 52.5. The Balaban J connectivity index is 0.000000212. The van der Waals surface area contributed by atoms with Gasteiger partial charge in [0.15, 0.2) is 0 Å². The number of furan rings is 1. The molecule has 3 aromatic heterocycles. The summed E-state index contributed by atoms with van der Waals surface area (Å²) in [5.41, 5.74) is 6.57. The van der Waals surface area contributed by atoms with E-state index in [0.717, 1.165) is 43.5 Å². The van der Waals surface area contributed by atoms with Gasteiger partial charge in [0.05, 0.1) is 5.58 Å². The van der Waals surface area contributed by atoms with Crippen molar-refractivity contribution < 1.29 is 38.2 Å². The molecule has 1 radical (unpaired) electrons. The van der Waals surface area contributed by atoms with Gasteiger partial charge in [-0.25, -0.2) is 0 Å². The third kappa shape index (κ3) is 9.51. The molecule has 0 fully saturated rings. The van der Waals surface area contributed by atoms with Gasteiger partial charge in [-0.15, -0.1) is 47.5 Å². The van der Waals surface area contributed by atoms with Crippen molar-refractivity contribution >= 4 is 43.5 Å². The zero-order valence-electron chi connectivity index (χ0n) is 46.6. The van der Waals surface area contributed by atoms with Gasteiger partial charge in [-0.2, -0.15) is 0 Å². The number of rotatable bonds is 6. The molecule has 0 saturated carbocycles. The van der Waals surface area contributed by atoms with Crippen LogP contribution in [0.1, 0.15) is 77.5 Å². The molecule has 0 saturated heterocycles. The Morgan fingerprint density at radius 2 is 1.30 bits per heavy atom. The molecule has 0 aliphatic carbocycles. The van der Waals surface area contributed by atoms with Gasteiger partial charge in [-0.05, 0) is 97.4 Å². The Labute approximate surface area is 406 Å². The fourth-order valence-electron chi connectivity index (χ4n) is 8.07. The fourth-order valence-corrected chi connectivity index (χ4v) is 8.07. The fraction of sp³-hybridized carbons (Fsp3) is 0.200. The van der Waals surface area contributed by atoms with Crippen molar-refractivity contribution in [2.75, 3.05) is 0 Å². The molecular weight excluding hydrogens is 957 g/mol. The molecule has 0 aliphatic heterocycles. The van der Waals surface area contributed by atoms with Crippen molar-refractivity contribution in [1.29, 1.82) is 0 Å². The van der Waals surface area contributed by atoms with E-state index in [2.05, 4.69) is 58.5 Å². The normalized spacial score (nSPS) is 14.9. The zero-order valence-corrected chi connectivity index (χ0v) is 39.0. The van der Waals surface area contributed by atoms with Crippen LogP contribution in [0.25, 0.3) is 88.3 Å². The summed E-state index contributed by atoms with van der Waals surface area (Å²) < 4.78 is 89.4. The Kier molecular flexibility index (Phi) is 9.44. The third-order valence-electron chi connectivity index (χ3n) is 10.8. The second-order valence-corrected chi connectivity index (χ2v) is 17.9. The van der Waals surface area contributed by atoms with Crippen LogP contribution in [0, 0.1) is 36.7 Å². The van der Waals surface area contributed by atoms with Crippen molar-refractivity contribution in [2.24, 2.45) is 10.8 Å². The molecule has 0 N–H and O–H groups in total. The summed E-state index contributed by atoms with van der Waals surface area (Å²) in [6.07, 6.45) is -0.0400. The van der Waals surface area contributed by atoms with Crippen LogP contribution >= 0.6 is 0 Å². The molecule has 0 amide bonds. The topological polar surface area (TPSA) is 38.9 Å². The number of nitrogens with zero attached hydrogens (tertiary/aromatic N) is 2. The second kappa shape index (κ2) is 18.1. The quantitative estimate of drug-likeness (QED) is 0.123. The van der Waals surface area contributed by atoms with E-state index in [1.807, 2.05) is 102 Å². The maximum absolute atomic E-state index is 8.72. The number of fused-ring (bicyclic) bond motifs is 7. The number of hydrogen-bond donors (Lipinski definition) is 0. The van der Waals surface area contributed by atoms with E-state index in [4.69, 9.17) is 18.1 Å². The molecule has 0 bridgehead atoms. The predicted octanol–water partition coefficient (Wildman–Crippen LogP) is 16.4. The van der Waals surface area contributed by atoms with Gasteiger partial charge in [0.1, 0.15) is 5.58 Å².